The molecule has 0 saturated carbocycles. The number of carbonyl (C=O) groups excluding carboxylic acids is 1. The Hall–Kier alpha value is -3.41. The molecular formula is C25H15Cl3N4O2S. The molecule has 0 bridgehead atoms. The van der Waals surface area contributed by atoms with Gasteiger partial charge in [-0.1, -0.05) is 76.5 Å². The molecule has 35 heavy (non-hydrogen) atoms. The molecule has 1 N–H and O–H groups in total. The largest absolute Gasteiger partial charge is 0.487 e. The second-order valence-electron chi connectivity index (χ2n) is 7.12. The molecule has 0 fully saturated rings. The lowest BCUT2D eigenvalue weighted by molar-refractivity contribution is 0.102. The molecule has 4 aromatic rings. The van der Waals surface area contributed by atoms with E-state index in [1.165, 1.54) is 0 Å². The molecule has 0 radical (unpaired) electrons. The highest BCUT2D eigenvalue weighted by atomic mass is 35.5. The van der Waals surface area contributed by atoms with Gasteiger partial charge in [-0.2, -0.15) is 5.26 Å². The van der Waals surface area contributed by atoms with E-state index in [1.807, 2.05) is 18.2 Å². The number of amides is 1. The number of aromatic nitrogens is 2. The molecule has 0 unspecified atom stereocenters. The van der Waals surface area contributed by atoms with Crippen molar-refractivity contribution in [3.63, 3.8) is 0 Å². The third kappa shape index (κ3) is 6.38. The van der Waals surface area contributed by atoms with Gasteiger partial charge in [-0.15, -0.1) is 10.2 Å². The van der Waals surface area contributed by atoms with E-state index in [4.69, 9.17) is 39.5 Å². The minimum Gasteiger partial charge on any atom is -0.487 e. The molecule has 0 aliphatic carbocycles. The maximum Gasteiger partial charge on any atom is 0.257 e. The van der Waals surface area contributed by atoms with Crippen LogP contribution in [0.5, 0.6) is 5.75 Å². The summed E-state index contributed by atoms with van der Waals surface area (Å²) in [5, 5.41) is 22.4. The topological polar surface area (TPSA) is 87.9 Å². The number of nitrogens with one attached hydrogen (secondary N) is 1. The first-order valence-electron chi connectivity index (χ1n) is 10.1. The fourth-order valence-electron chi connectivity index (χ4n) is 3.01. The average molecular weight is 542 g/mol. The van der Waals surface area contributed by atoms with E-state index < -0.39 is 0 Å². The van der Waals surface area contributed by atoms with E-state index in [-0.39, 0.29) is 23.2 Å². The molecule has 1 aromatic heterocycles. The van der Waals surface area contributed by atoms with Crippen molar-refractivity contribution in [1.29, 1.82) is 5.26 Å². The SMILES string of the molecule is N#C/C(=C\c1cc(Cl)cc(Cl)c1OCc1ccc(Cl)cc1)c1nnc(NC(=O)c2ccccc2)s1. The van der Waals surface area contributed by atoms with Crippen LogP contribution in [0.3, 0.4) is 0 Å². The zero-order chi connectivity index (χ0) is 24.8. The summed E-state index contributed by atoms with van der Waals surface area (Å²) in [7, 11) is 0. The van der Waals surface area contributed by atoms with Crippen molar-refractivity contribution in [2.45, 2.75) is 6.61 Å². The molecular weight excluding hydrogens is 527 g/mol. The third-order valence-corrected chi connectivity index (χ3v) is 6.29. The van der Waals surface area contributed by atoms with E-state index in [1.54, 1.807) is 54.6 Å². The predicted octanol–water partition coefficient (Wildman–Crippen LogP) is 7.39. The zero-order valence-corrected chi connectivity index (χ0v) is 20.9. The van der Waals surface area contributed by atoms with Gasteiger partial charge in [0.25, 0.3) is 5.91 Å². The molecule has 0 aliphatic rings. The summed E-state index contributed by atoms with van der Waals surface area (Å²) in [4.78, 5) is 12.4. The van der Waals surface area contributed by atoms with Gasteiger partial charge in [0.05, 0.1) is 10.6 Å². The quantitative estimate of drug-likeness (QED) is 0.246. The molecule has 0 atom stereocenters. The highest BCUT2D eigenvalue weighted by Gasteiger charge is 2.16. The van der Waals surface area contributed by atoms with Crippen LogP contribution in [0.4, 0.5) is 5.13 Å². The van der Waals surface area contributed by atoms with Crippen molar-refractivity contribution in [1.82, 2.24) is 10.2 Å². The van der Waals surface area contributed by atoms with Gasteiger partial charge in [0, 0.05) is 21.2 Å². The van der Waals surface area contributed by atoms with Crippen LogP contribution in [0, 0.1) is 11.3 Å². The Labute approximate surface area is 220 Å². The number of halogens is 3. The number of hydrogen-bond acceptors (Lipinski definition) is 6. The monoisotopic (exact) mass is 540 g/mol. The minimum absolute atomic E-state index is 0.206. The van der Waals surface area contributed by atoms with Gasteiger partial charge < -0.3 is 4.74 Å². The normalized spacial score (nSPS) is 11.1. The van der Waals surface area contributed by atoms with E-state index >= 15 is 0 Å². The van der Waals surface area contributed by atoms with Crippen molar-refractivity contribution in [3.05, 3.63) is 103 Å². The molecule has 0 saturated heterocycles. The molecule has 10 heteroatoms. The smallest absolute Gasteiger partial charge is 0.257 e. The highest BCUT2D eigenvalue weighted by molar-refractivity contribution is 7.16. The Morgan fingerprint density at radius 2 is 1.77 bits per heavy atom. The fourth-order valence-corrected chi connectivity index (χ4v) is 4.41. The summed E-state index contributed by atoms with van der Waals surface area (Å²) in [6.45, 7) is 0.232. The lowest BCUT2D eigenvalue weighted by atomic mass is 10.1. The third-order valence-electron chi connectivity index (χ3n) is 4.67. The number of hydrogen-bond donors (Lipinski definition) is 1. The van der Waals surface area contributed by atoms with E-state index in [0.717, 1.165) is 16.9 Å². The number of nitrogens with zero attached hydrogens (tertiary/aromatic N) is 3. The Morgan fingerprint density at radius 1 is 1.03 bits per heavy atom. The summed E-state index contributed by atoms with van der Waals surface area (Å²) < 4.78 is 5.96. The Morgan fingerprint density at radius 3 is 2.49 bits per heavy atom. The van der Waals surface area contributed by atoms with Gasteiger partial charge in [0.1, 0.15) is 18.4 Å². The summed E-state index contributed by atoms with van der Waals surface area (Å²) in [5.41, 5.74) is 2.07. The number of carbonyl (C=O) groups is 1. The first-order chi connectivity index (χ1) is 16.9. The number of ether oxygens (including phenoxy) is 1. The van der Waals surface area contributed by atoms with E-state index in [2.05, 4.69) is 21.6 Å². The second kappa shape index (κ2) is 11.3. The molecule has 0 aliphatic heterocycles. The van der Waals surface area contributed by atoms with Crippen LogP contribution >= 0.6 is 46.1 Å². The van der Waals surface area contributed by atoms with Crippen LogP contribution in [0.15, 0.2) is 66.7 Å². The van der Waals surface area contributed by atoms with Crippen molar-refractivity contribution in [2.24, 2.45) is 0 Å². The van der Waals surface area contributed by atoms with Crippen molar-refractivity contribution in [3.8, 4) is 11.8 Å². The van der Waals surface area contributed by atoms with Crippen molar-refractivity contribution in [2.75, 3.05) is 5.32 Å². The van der Waals surface area contributed by atoms with Gasteiger partial charge in [-0.3, -0.25) is 10.1 Å². The van der Waals surface area contributed by atoms with Gasteiger partial charge in [-0.25, -0.2) is 0 Å². The van der Waals surface area contributed by atoms with Crippen LogP contribution in [-0.2, 0) is 6.61 Å². The molecule has 6 nitrogen and oxygen atoms in total. The predicted molar refractivity (Wildman–Crippen MR) is 140 cm³/mol. The maximum atomic E-state index is 12.4. The number of anilines is 1. The molecule has 1 amide bonds. The number of rotatable bonds is 7. The van der Waals surface area contributed by atoms with Gasteiger partial charge in [0.2, 0.25) is 5.13 Å². The first kappa shape index (κ1) is 24.7. The molecule has 3 aromatic carbocycles. The second-order valence-corrected chi connectivity index (χ2v) is 9.38. The van der Waals surface area contributed by atoms with Gasteiger partial charge in [0.15, 0.2) is 5.01 Å². The zero-order valence-electron chi connectivity index (χ0n) is 17.8. The van der Waals surface area contributed by atoms with Crippen LogP contribution < -0.4 is 10.1 Å². The maximum absolute atomic E-state index is 12.4. The lowest BCUT2D eigenvalue weighted by Crippen LogP contribution is -2.11. The summed E-state index contributed by atoms with van der Waals surface area (Å²) in [6, 6.07) is 21.2. The standard InChI is InChI=1S/C25H15Cl3N4O2S/c26-19-8-6-15(7-9-19)14-34-22-17(11-20(27)12-21(22)28)10-18(13-29)24-31-32-25(35-24)30-23(33)16-4-2-1-3-5-16/h1-12H,14H2,(H,30,32,33)/b18-10+. The van der Waals surface area contributed by atoms with E-state index in [9.17, 15) is 10.1 Å². The lowest BCUT2D eigenvalue weighted by Gasteiger charge is -2.12. The van der Waals surface area contributed by atoms with Crippen LogP contribution in [0.2, 0.25) is 15.1 Å². The van der Waals surface area contributed by atoms with E-state index in [0.29, 0.717) is 37.0 Å². The fraction of sp³-hybridized carbons (Fsp3) is 0.0400. The molecule has 1 heterocycles. The summed E-state index contributed by atoms with van der Waals surface area (Å²) in [5.74, 6) is 0.0381. The van der Waals surface area contributed by atoms with Gasteiger partial charge in [-0.05, 0) is 48.0 Å². The Balaban J connectivity index is 1.58. The Kier molecular flexibility index (Phi) is 8.01. The Bertz CT molecular complexity index is 1430. The van der Waals surface area contributed by atoms with Crippen LogP contribution in [0.1, 0.15) is 26.5 Å². The van der Waals surface area contributed by atoms with Crippen LogP contribution in [0.25, 0.3) is 11.6 Å². The first-order valence-corrected chi connectivity index (χ1v) is 12.1. The van der Waals surface area contributed by atoms with Gasteiger partial charge >= 0.3 is 0 Å². The summed E-state index contributed by atoms with van der Waals surface area (Å²) >= 11 is 19.6. The van der Waals surface area contributed by atoms with Crippen molar-refractivity contribution >= 4 is 68.8 Å². The number of allylic oxidation sites excluding steroid dienone is 1. The minimum atomic E-state index is -0.324. The van der Waals surface area contributed by atoms with Crippen molar-refractivity contribution < 1.29 is 9.53 Å². The highest BCUT2D eigenvalue weighted by Crippen LogP contribution is 2.36. The molecule has 4 rings (SSSR count). The molecule has 174 valence electrons. The van der Waals surface area contributed by atoms with Crippen LogP contribution in [-0.4, -0.2) is 16.1 Å². The number of nitriles is 1. The average Bonchev–Trinajstić information content (AvgIpc) is 3.31. The summed E-state index contributed by atoms with van der Waals surface area (Å²) in [6.07, 6.45) is 1.57. The number of benzene rings is 3. The molecule has 0 spiro atoms.